The van der Waals surface area contributed by atoms with Gasteiger partial charge in [0.2, 0.25) is 0 Å². The normalized spacial score (nSPS) is 10.8. The van der Waals surface area contributed by atoms with Gasteiger partial charge in [0.15, 0.2) is 0 Å². The van der Waals surface area contributed by atoms with Crippen LogP contribution < -0.4 is 0 Å². The molecule has 0 bridgehead atoms. The Kier molecular flexibility index (Phi) is 3.32. The zero-order valence-corrected chi connectivity index (χ0v) is 8.54. The van der Waals surface area contributed by atoms with Crippen LogP contribution in [-0.4, -0.2) is 23.6 Å². The molecule has 2 heteroatoms. The van der Waals surface area contributed by atoms with Crippen LogP contribution in [0.2, 0.25) is 0 Å². The minimum Gasteiger partial charge on any atom is -0.508 e. The summed E-state index contributed by atoms with van der Waals surface area (Å²) < 4.78 is 0. The molecule has 0 aromatic heterocycles. The number of phenolic OH excluding ortho intramolecular Hbond substituents is 1. The molecular formula is C11H17NO. The maximum atomic E-state index is 9.55. The number of hydrogen-bond donors (Lipinski definition) is 1. The van der Waals surface area contributed by atoms with Crippen molar-refractivity contribution in [2.24, 2.45) is 0 Å². The minimum atomic E-state index is 0.394. The van der Waals surface area contributed by atoms with Gasteiger partial charge in [-0.2, -0.15) is 0 Å². The Balaban J connectivity index is 2.81. The fourth-order valence-electron chi connectivity index (χ4n) is 1.24. The number of nitrogens with zero attached hydrogens (tertiary/aromatic N) is 1. The van der Waals surface area contributed by atoms with Gasteiger partial charge in [0, 0.05) is 12.1 Å². The van der Waals surface area contributed by atoms with E-state index in [1.165, 1.54) is 5.56 Å². The van der Waals surface area contributed by atoms with Crippen LogP contribution in [0.4, 0.5) is 0 Å². The monoisotopic (exact) mass is 179 g/mol. The van der Waals surface area contributed by atoms with Gasteiger partial charge < -0.3 is 10.0 Å². The average molecular weight is 179 g/mol. The van der Waals surface area contributed by atoms with E-state index in [1.807, 2.05) is 26.1 Å². The molecule has 2 nitrogen and oxygen atoms in total. The molecule has 0 aliphatic heterocycles. The minimum absolute atomic E-state index is 0.394. The van der Waals surface area contributed by atoms with Gasteiger partial charge in [0.05, 0.1) is 0 Å². The molecule has 1 aromatic carbocycles. The highest BCUT2D eigenvalue weighted by atomic mass is 16.3. The number of hydrogen-bond acceptors (Lipinski definition) is 2. The quantitative estimate of drug-likeness (QED) is 0.768. The number of aryl methyl sites for hydroxylation is 1. The first-order chi connectivity index (χ1) is 6.13. The fourth-order valence-corrected chi connectivity index (χ4v) is 1.24. The maximum absolute atomic E-state index is 9.55. The molecule has 1 rings (SSSR count). The molecule has 13 heavy (non-hydrogen) atoms. The van der Waals surface area contributed by atoms with Gasteiger partial charge in [-0.15, -0.1) is 0 Å². The Labute approximate surface area is 79.8 Å². The molecule has 0 aliphatic carbocycles. The van der Waals surface area contributed by atoms with Gasteiger partial charge in [-0.25, -0.2) is 0 Å². The molecule has 0 amide bonds. The van der Waals surface area contributed by atoms with Gasteiger partial charge in [0.25, 0.3) is 0 Å². The zero-order chi connectivity index (χ0) is 9.84. The summed E-state index contributed by atoms with van der Waals surface area (Å²) in [5.74, 6) is 0.394. The Morgan fingerprint density at radius 1 is 1.38 bits per heavy atom. The SMILES string of the molecule is CCN(C)Cc1cc(C)ccc1O. The summed E-state index contributed by atoms with van der Waals surface area (Å²) in [7, 11) is 2.04. The van der Waals surface area contributed by atoms with Crippen LogP contribution >= 0.6 is 0 Å². The molecule has 0 fully saturated rings. The number of rotatable bonds is 3. The molecule has 0 saturated heterocycles. The molecule has 0 aliphatic rings. The molecule has 0 spiro atoms. The first-order valence-corrected chi connectivity index (χ1v) is 4.60. The van der Waals surface area contributed by atoms with E-state index in [0.717, 1.165) is 18.7 Å². The first kappa shape index (κ1) is 10.1. The molecule has 0 unspecified atom stereocenters. The van der Waals surface area contributed by atoms with E-state index in [1.54, 1.807) is 6.07 Å². The van der Waals surface area contributed by atoms with E-state index >= 15 is 0 Å². The highest BCUT2D eigenvalue weighted by molar-refractivity contribution is 5.35. The van der Waals surface area contributed by atoms with Crippen LogP contribution in [0.15, 0.2) is 18.2 Å². The summed E-state index contributed by atoms with van der Waals surface area (Å²) in [4.78, 5) is 2.16. The van der Waals surface area contributed by atoms with Crippen LogP contribution in [0.3, 0.4) is 0 Å². The van der Waals surface area contributed by atoms with Crippen molar-refractivity contribution in [2.45, 2.75) is 20.4 Å². The lowest BCUT2D eigenvalue weighted by atomic mass is 10.1. The van der Waals surface area contributed by atoms with Gasteiger partial charge in [-0.1, -0.05) is 24.6 Å². The third kappa shape index (κ3) is 2.74. The van der Waals surface area contributed by atoms with E-state index in [9.17, 15) is 5.11 Å². The maximum Gasteiger partial charge on any atom is 0.120 e. The van der Waals surface area contributed by atoms with Gasteiger partial charge >= 0.3 is 0 Å². The predicted octanol–water partition coefficient (Wildman–Crippen LogP) is 2.15. The Hall–Kier alpha value is -1.02. The second-order valence-corrected chi connectivity index (χ2v) is 3.46. The Morgan fingerprint density at radius 3 is 2.69 bits per heavy atom. The summed E-state index contributed by atoms with van der Waals surface area (Å²) in [6, 6.07) is 5.71. The first-order valence-electron chi connectivity index (χ1n) is 4.60. The van der Waals surface area contributed by atoms with E-state index in [0.29, 0.717) is 5.75 Å². The zero-order valence-electron chi connectivity index (χ0n) is 8.54. The van der Waals surface area contributed by atoms with Crippen molar-refractivity contribution in [3.8, 4) is 5.75 Å². The van der Waals surface area contributed by atoms with E-state index in [2.05, 4.69) is 11.8 Å². The average Bonchev–Trinajstić information content (AvgIpc) is 2.11. The van der Waals surface area contributed by atoms with Crippen molar-refractivity contribution in [1.29, 1.82) is 0 Å². The molecule has 0 atom stereocenters. The highest BCUT2D eigenvalue weighted by Crippen LogP contribution is 2.19. The number of benzene rings is 1. The lowest BCUT2D eigenvalue weighted by molar-refractivity contribution is 0.337. The highest BCUT2D eigenvalue weighted by Gasteiger charge is 2.03. The smallest absolute Gasteiger partial charge is 0.120 e. The van der Waals surface area contributed by atoms with Crippen molar-refractivity contribution in [1.82, 2.24) is 4.90 Å². The van der Waals surface area contributed by atoms with Crippen molar-refractivity contribution in [3.63, 3.8) is 0 Å². The summed E-state index contributed by atoms with van der Waals surface area (Å²) in [5.41, 5.74) is 2.20. The lowest BCUT2D eigenvalue weighted by Gasteiger charge is -2.15. The Morgan fingerprint density at radius 2 is 2.08 bits per heavy atom. The summed E-state index contributed by atoms with van der Waals surface area (Å²) in [6.07, 6.45) is 0. The largest absolute Gasteiger partial charge is 0.508 e. The van der Waals surface area contributed by atoms with E-state index in [4.69, 9.17) is 0 Å². The molecule has 72 valence electrons. The van der Waals surface area contributed by atoms with Crippen LogP contribution in [0, 0.1) is 6.92 Å². The van der Waals surface area contributed by atoms with Gasteiger partial charge in [0.1, 0.15) is 5.75 Å². The van der Waals surface area contributed by atoms with Gasteiger partial charge in [-0.05, 0) is 26.6 Å². The van der Waals surface area contributed by atoms with Gasteiger partial charge in [-0.3, -0.25) is 0 Å². The number of aromatic hydroxyl groups is 1. The molecule has 1 N–H and O–H groups in total. The van der Waals surface area contributed by atoms with Crippen molar-refractivity contribution in [2.75, 3.05) is 13.6 Å². The van der Waals surface area contributed by atoms with E-state index < -0.39 is 0 Å². The predicted molar refractivity (Wildman–Crippen MR) is 54.9 cm³/mol. The lowest BCUT2D eigenvalue weighted by Crippen LogP contribution is -2.16. The summed E-state index contributed by atoms with van der Waals surface area (Å²) >= 11 is 0. The van der Waals surface area contributed by atoms with Crippen LogP contribution in [-0.2, 0) is 6.54 Å². The Bertz CT molecular complexity index is 283. The second-order valence-electron chi connectivity index (χ2n) is 3.46. The van der Waals surface area contributed by atoms with Crippen molar-refractivity contribution >= 4 is 0 Å². The number of phenols is 1. The molecule has 0 saturated carbocycles. The van der Waals surface area contributed by atoms with Crippen molar-refractivity contribution < 1.29 is 5.11 Å². The molecular weight excluding hydrogens is 162 g/mol. The second kappa shape index (κ2) is 4.28. The van der Waals surface area contributed by atoms with Crippen LogP contribution in [0.5, 0.6) is 5.75 Å². The molecule has 0 radical (unpaired) electrons. The standard InChI is InChI=1S/C11H17NO/c1-4-12(3)8-10-7-9(2)5-6-11(10)13/h5-7,13H,4,8H2,1-3H3. The topological polar surface area (TPSA) is 23.5 Å². The van der Waals surface area contributed by atoms with Crippen molar-refractivity contribution in [3.05, 3.63) is 29.3 Å². The molecule has 1 aromatic rings. The third-order valence-electron chi connectivity index (χ3n) is 2.22. The van der Waals surface area contributed by atoms with E-state index in [-0.39, 0.29) is 0 Å². The summed E-state index contributed by atoms with van der Waals surface area (Å²) in [5, 5.41) is 9.55. The van der Waals surface area contributed by atoms with Crippen LogP contribution in [0.1, 0.15) is 18.1 Å². The third-order valence-corrected chi connectivity index (χ3v) is 2.22. The fraction of sp³-hybridized carbons (Fsp3) is 0.455. The molecule has 0 heterocycles. The summed E-state index contributed by atoms with van der Waals surface area (Å²) in [6.45, 7) is 5.94. The van der Waals surface area contributed by atoms with Crippen LogP contribution in [0.25, 0.3) is 0 Å².